The minimum atomic E-state index is -0.493. The maximum absolute atomic E-state index is 12.5. The van der Waals surface area contributed by atoms with Crippen LogP contribution >= 0.6 is 0 Å². The van der Waals surface area contributed by atoms with Gasteiger partial charge in [0.1, 0.15) is 5.82 Å². The van der Waals surface area contributed by atoms with Crippen molar-refractivity contribution in [1.29, 1.82) is 0 Å². The number of anilines is 1. The molecule has 188 valence electrons. The Labute approximate surface area is 215 Å². The van der Waals surface area contributed by atoms with Crippen molar-refractivity contribution < 1.29 is 9.53 Å². The quantitative estimate of drug-likeness (QED) is 0.327. The summed E-state index contributed by atoms with van der Waals surface area (Å²) in [6.07, 6.45) is 5.08. The molecular weight excluding hydrogens is 464 g/mol. The predicted molar refractivity (Wildman–Crippen MR) is 145 cm³/mol. The Kier molecular flexibility index (Phi) is 6.64. The summed E-state index contributed by atoms with van der Waals surface area (Å²) in [7, 11) is 0. The molecule has 0 saturated carbocycles. The second-order valence-electron chi connectivity index (χ2n) is 9.35. The molecular formula is C29H30N6O2. The van der Waals surface area contributed by atoms with Gasteiger partial charge in [0, 0.05) is 42.6 Å². The van der Waals surface area contributed by atoms with E-state index in [-0.39, 0.29) is 0 Å². The van der Waals surface area contributed by atoms with Crippen LogP contribution in [0, 0.1) is 20.8 Å². The summed E-state index contributed by atoms with van der Waals surface area (Å²) in [6, 6.07) is 18.1. The van der Waals surface area contributed by atoms with Gasteiger partial charge >= 0.3 is 6.09 Å². The third-order valence-corrected chi connectivity index (χ3v) is 6.50. The Bertz CT molecular complexity index is 1570. The fraction of sp³-hybridized carbons (Fsp3) is 0.207. The molecule has 0 radical (unpaired) electrons. The predicted octanol–water partition coefficient (Wildman–Crippen LogP) is 5.13. The number of nitrogens with zero attached hydrogens (tertiary/aromatic N) is 4. The number of ether oxygens (including phenoxy) is 1. The van der Waals surface area contributed by atoms with Crippen molar-refractivity contribution in [3.63, 3.8) is 0 Å². The second kappa shape index (κ2) is 10.2. The fourth-order valence-corrected chi connectivity index (χ4v) is 4.46. The standard InChI is InChI=1S/C29H30N6O2/c1-19-14-33-34(16-19)17-22-4-6-23(7-5-22)18-35-20(2)12-27(21(35)3)37-29(36)32-15-24-8-9-26-25(13-24)10-11-31-28(26)30/h4-14,16H,15,17-18H2,1-3H3,(H2,30,31)(H,32,36). The van der Waals surface area contributed by atoms with Crippen LogP contribution in [0.25, 0.3) is 10.8 Å². The molecule has 0 unspecified atom stereocenters. The number of hydrogen-bond acceptors (Lipinski definition) is 5. The lowest BCUT2D eigenvalue weighted by Crippen LogP contribution is -2.26. The third-order valence-electron chi connectivity index (χ3n) is 6.50. The highest BCUT2D eigenvalue weighted by atomic mass is 16.6. The van der Waals surface area contributed by atoms with Crippen LogP contribution in [0.1, 0.15) is 33.6 Å². The van der Waals surface area contributed by atoms with Crippen molar-refractivity contribution in [2.45, 2.75) is 40.4 Å². The largest absolute Gasteiger partial charge is 0.412 e. The summed E-state index contributed by atoms with van der Waals surface area (Å²) in [5.41, 5.74) is 12.3. The number of nitrogens with one attached hydrogen (secondary N) is 1. The average Bonchev–Trinajstić information content (AvgIpc) is 3.41. The van der Waals surface area contributed by atoms with Crippen molar-refractivity contribution in [2.75, 3.05) is 5.73 Å². The Morgan fingerprint density at radius 2 is 1.70 bits per heavy atom. The van der Waals surface area contributed by atoms with Gasteiger partial charge in [0.05, 0.1) is 18.4 Å². The first kappa shape index (κ1) is 24.1. The fourth-order valence-electron chi connectivity index (χ4n) is 4.46. The lowest BCUT2D eigenvalue weighted by Gasteiger charge is -2.11. The van der Waals surface area contributed by atoms with E-state index in [1.54, 1.807) is 6.20 Å². The average molecular weight is 495 g/mol. The van der Waals surface area contributed by atoms with Crippen molar-refractivity contribution in [2.24, 2.45) is 0 Å². The first-order chi connectivity index (χ1) is 17.9. The van der Waals surface area contributed by atoms with Gasteiger partial charge in [-0.25, -0.2) is 9.78 Å². The molecule has 0 atom stereocenters. The summed E-state index contributed by atoms with van der Waals surface area (Å²) in [5.74, 6) is 1.05. The van der Waals surface area contributed by atoms with E-state index in [9.17, 15) is 4.79 Å². The van der Waals surface area contributed by atoms with Crippen LogP contribution in [-0.4, -0.2) is 25.4 Å². The summed E-state index contributed by atoms with van der Waals surface area (Å²) in [6.45, 7) is 7.80. The van der Waals surface area contributed by atoms with Crippen LogP contribution < -0.4 is 15.8 Å². The number of amides is 1. The number of fused-ring (bicyclic) bond motifs is 1. The second-order valence-corrected chi connectivity index (χ2v) is 9.35. The SMILES string of the molecule is Cc1cnn(Cc2ccc(Cn3c(C)cc(OC(=O)NCc4ccc5c(N)nccc5c4)c3C)cc2)c1. The summed E-state index contributed by atoms with van der Waals surface area (Å²) in [4.78, 5) is 16.6. The molecule has 37 heavy (non-hydrogen) atoms. The summed E-state index contributed by atoms with van der Waals surface area (Å²) >= 11 is 0. The maximum Gasteiger partial charge on any atom is 0.412 e. The lowest BCUT2D eigenvalue weighted by atomic mass is 10.1. The Balaban J connectivity index is 1.20. The lowest BCUT2D eigenvalue weighted by molar-refractivity contribution is 0.199. The molecule has 0 spiro atoms. The monoisotopic (exact) mass is 494 g/mol. The van der Waals surface area contributed by atoms with Gasteiger partial charge in [-0.1, -0.05) is 36.4 Å². The molecule has 0 aliphatic rings. The van der Waals surface area contributed by atoms with Crippen LogP contribution in [0.2, 0.25) is 0 Å². The Morgan fingerprint density at radius 1 is 0.973 bits per heavy atom. The first-order valence-electron chi connectivity index (χ1n) is 12.2. The Morgan fingerprint density at radius 3 is 2.43 bits per heavy atom. The molecule has 1 amide bonds. The van der Waals surface area contributed by atoms with Crippen molar-refractivity contribution in [3.05, 3.63) is 107 Å². The van der Waals surface area contributed by atoms with Crippen LogP contribution in [0.3, 0.4) is 0 Å². The number of benzene rings is 2. The molecule has 2 aromatic carbocycles. The molecule has 3 aromatic heterocycles. The molecule has 0 bridgehead atoms. The molecule has 5 aromatic rings. The molecule has 0 saturated heterocycles. The van der Waals surface area contributed by atoms with Gasteiger partial charge < -0.3 is 20.4 Å². The number of hydrogen-bond donors (Lipinski definition) is 2. The highest BCUT2D eigenvalue weighted by Gasteiger charge is 2.14. The van der Waals surface area contributed by atoms with Gasteiger partial charge in [-0.2, -0.15) is 5.10 Å². The molecule has 0 fully saturated rings. The van der Waals surface area contributed by atoms with Gasteiger partial charge in [-0.3, -0.25) is 4.68 Å². The zero-order valence-electron chi connectivity index (χ0n) is 21.2. The number of carbonyl (C=O) groups is 1. The first-order valence-corrected chi connectivity index (χ1v) is 12.2. The van der Waals surface area contributed by atoms with Crippen molar-refractivity contribution in [3.8, 4) is 5.75 Å². The van der Waals surface area contributed by atoms with Crippen LogP contribution in [0.4, 0.5) is 10.6 Å². The number of rotatable bonds is 7. The van der Waals surface area contributed by atoms with Gasteiger partial charge in [0.2, 0.25) is 0 Å². The number of aromatic nitrogens is 4. The van der Waals surface area contributed by atoms with E-state index in [4.69, 9.17) is 10.5 Å². The van der Waals surface area contributed by atoms with E-state index >= 15 is 0 Å². The highest BCUT2D eigenvalue weighted by molar-refractivity contribution is 5.91. The number of carbonyl (C=O) groups excluding carboxylic acids is 1. The maximum atomic E-state index is 12.5. The molecule has 3 heterocycles. The number of aryl methyl sites for hydroxylation is 2. The minimum absolute atomic E-state index is 0.347. The highest BCUT2D eigenvalue weighted by Crippen LogP contribution is 2.25. The molecule has 5 rings (SSSR count). The van der Waals surface area contributed by atoms with Gasteiger partial charge in [0.15, 0.2) is 5.75 Å². The van der Waals surface area contributed by atoms with Gasteiger partial charge in [0.25, 0.3) is 0 Å². The molecule has 0 aliphatic carbocycles. The third kappa shape index (κ3) is 5.48. The Hall–Kier alpha value is -4.59. The minimum Gasteiger partial charge on any atom is -0.408 e. The van der Waals surface area contributed by atoms with Gasteiger partial charge in [-0.15, -0.1) is 0 Å². The number of pyridine rings is 1. The van der Waals surface area contributed by atoms with E-state index in [1.807, 2.05) is 68.2 Å². The van der Waals surface area contributed by atoms with Crippen LogP contribution in [-0.2, 0) is 19.6 Å². The summed E-state index contributed by atoms with van der Waals surface area (Å²) in [5, 5.41) is 9.06. The molecule has 0 aliphatic heterocycles. The zero-order chi connectivity index (χ0) is 25.9. The number of nitrogen functional groups attached to an aromatic ring is 1. The normalized spacial score (nSPS) is 11.1. The van der Waals surface area contributed by atoms with Crippen LogP contribution in [0.5, 0.6) is 5.75 Å². The van der Waals surface area contributed by atoms with E-state index in [0.717, 1.165) is 39.8 Å². The van der Waals surface area contributed by atoms with E-state index < -0.39 is 6.09 Å². The molecule has 8 heteroatoms. The van der Waals surface area contributed by atoms with Crippen molar-refractivity contribution >= 4 is 22.7 Å². The van der Waals surface area contributed by atoms with E-state index in [1.165, 1.54) is 11.1 Å². The van der Waals surface area contributed by atoms with E-state index in [2.05, 4.69) is 44.2 Å². The zero-order valence-corrected chi connectivity index (χ0v) is 21.2. The van der Waals surface area contributed by atoms with Crippen LogP contribution in [0.15, 0.2) is 73.2 Å². The van der Waals surface area contributed by atoms with E-state index in [0.29, 0.717) is 24.7 Å². The van der Waals surface area contributed by atoms with Crippen molar-refractivity contribution in [1.82, 2.24) is 24.6 Å². The molecule has 3 N–H and O–H groups in total. The van der Waals surface area contributed by atoms with Gasteiger partial charge in [-0.05, 0) is 60.5 Å². The summed E-state index contributed by atoms with van der Waals surface area (Å²) < 4.78 is 9.74. The smallest absolute Gasteiger partial charge is 0.408 e. The number of nitrogens with two attached hydrogens (primary N) is 1. The molecule has 8 nitrogen and oxygen atoms in total. The topological polar surface area (TPSA) is 100.0 Å².